The number of nitrogens with one attached hydrogen (secondary N) is 3. The Morgan fingerprint density at radius 1 is 0.824 bits per heavy atom. The minimum absolute atomic E-state index is 0.0178. The van der Waals surface area contributed by atoms with Crippen LogP contribution in [0.2, 0.25) is 0 Å². The van der Waals surface area contributed by atoms with Crippen LogP contribution in [0, 0.1) is 5.92 Å². The average molecular weight is 490 g/mol. The SMILES string of the molecule is CC(C)CC(NC(=O)C(N)CCCCN)C(=O)NC(C(=O)NC(CCC(=O)O)C(=O)O)C(C)O. The van der Waals surface area contributed by atoms with Crippen LogP contribution < -0.4 is 27.4 Å². The number of hydrogen-bond acceptors (Lipinski definition) is 8. The summed E-state index contributed by atoms with van der Waals surface area (Å²) >= 11 is 0. The van der Waals surface area contributed by atoms with Gasteiger partial charge in [-0.2, -0.15) is 0 Å². The van der Waals surface area contributed by atoms with Crippen LogP contribution in [-0.4, -0.2) is 81.8 Å². The summed E-state index contributed by atoms with van der Waals surface area (Å²) < 4.78 is 0. The van der Waals surface area contributed by atoms with Gasteiger partial charge in [-0.25, -0.2) is 4.79 Å². The Morgan fingerprint density at radius 3 is 1.88 bits per heavy atom. The number of carboxylic acid groups (broad SMARTS) is 2. The average Bonchev–Trinajstić information content (AvgIpc) is 2.73. The van der Waals surface area contributed by atoms with Gasteiger partial charge in [-0.3, -0.25) is 19.2 Å². The summed E-state index contributed by atoms with van der Waals surface area (Å²) in [6, 6.07) is -4.97. The van der Waals surface area contributed by atoms with Crippen molar-refractivity contribution in [2.75, 3.05) is 6.54 Å². The number of carboxylic acids is 2. The van der Waals surface area contributed by atoms with E-state index in [2.05, 4.69) is 16.0 Å². The highest BCUT2D eigenvalue weighted by molar-refractivity contribution is 5.94. The van der Waals surface area contributed by atoms with Gasteiger partial charge in [0.05, 0.1) is 12.1 Å². The number of aliphatic carboxylic acids is 2. The molecule has 0 bridgehead atoms. The number of unbranched alkanes of at least 4 members (excludes halogenated alkanes) is 1. The zero-order valence-electron chi connectivity index (χ0n) is 20.0. The van der Waals surface area contributed by atoms with Crippen molar-refractivity contribution in [1.82, 2.24) is 16.0 Å². The zero-order chi connectivity index (χ0) is 26.4. The van der Waals surface area contributed by atoms with E-state index < -0.39 is 66.4 Å². The normalized spacial score (nSPS) is 15.5. The van der Waals surface area contributed by atoms with Crippen molar-refractivity contribution >= 4 is 29.7 Å². The lowest BCUT2D eigenvalue weighted by Gasteiger charge is -2.27. The molecule has 0 spiro atoms. The Balaban J connectivity index is 5.35. The van der Waals surface area contributed by atoms with Gasteiger partial charge >= 0.3 is 11.9 Å². The Bertz CT molecular complexity index is 701. The van der Waals surface area contributed by atoms with E-state index in [9.17, 15) is 34.2 Å². The van der Waals surface area contributed by atoms with E-state index >= 15 is 0 Å². The summed E-state index contributed by atoms with van der Waals surface area (Å²) in [6.45, 7) is 5.34. The highest BCUT2D eigenvalue weighted by Gasteiger charge is 2.33. The first-order chi connectivity index (χ1) is 15.8. The fourth-order valence-corrected chi connectivity index (χ4v) is 3.07. The molecule has 10 N–H and O–H groups in total. The summed E-state index contributed by atoms with van der Waals surface area (Å²) in [4.78, 5) is 60.0. The molecule has 5 atom stereocenters. The molecule has 196 valence electrons. The zero-order valence-corrected chi connectivity index (χ0v) is 20.0. The Kier molecular flexibility index (Phi) is 14.7. The van der Waals surface area contributed by atoms with Gasteiger partial charge in [-0.15, -0.1) is 0 Å². The van der Waals surface area contributed by atoms with Crippen molar-refractivity contribution in [2.45, 2.75) is 89.6 Å². The topological polar surface area (TPSA) is 234 Å². The van der Waals surface area contributed by atoms with Crippen LogP contribution in [0.3, 0.4) is 0 Å². The smallest absolute Gasteiger partial charge is 0.326 e. The maximum atomic E-state index is 12.9. The molecule has 3 amide bonds. The largest absolute Gasteiger partial charge is 0.481 e. The maximum absolute atomic E-state index is 12.9. The van der Waals surface area contributed by atoms with Crippen molar-refractivity contribution in [1.29, 1.82) is 0 Å². The summed E-state index contributed by atoms with van der Waals surface area (Å²) in [5.74, 6) is -5.02. The molecule has 34 heavy (non-hydrogen) atoms. The molecule has 0 heterocycles. The maximum Gasteiger partial charge on any atom is 0.326 e. The number of carbonyl (C=O) groups is 5. The number of carbonyl (C=O) groups excluding carboxylic acids is 3. The second kappa shape index (κ2) is 16.0. The van der Waals surface area contributed by atoms with Gasteiger partial charge in [0.2, 0.25) is 17.7 Å². The molecule has 0 radical (unpaired) electrons. The lowest BCUT2D eigenvalue weighted by atomic mass is 10.0. The van der Waals surface area contributed by atoms with Crippen molar-refractivity contribution < 1.29 is 39.3 Å². The van der Waals surface area contributed by atoms with E-state index in [-0.39, 0.29) is 18.8 Å². The molecule has 0 aromatic heterocycles. The van der Waals surface area contributed by atoms with E-state index in [0.29, 0.717) is 25.8 Å². The summed E-state index contributed by atoms with van der Waals surface area (Å²) in [5, 5.41) is 35.0. The third kappa shape index (κ3) is 12.5. The second-order valence-corrected chi connectivity index (χ2v) is 8.64. The molecule has 0 saturated heterocycles. The Hall–Kier alpha value is -2.77. The molecule has 5 unspecified atom stereocenters. The Labute approximate surface area is 199 Å². The molecule has 0 aliphatic carbocycles. The third-order valence-corrected chi connectivity index (χ3v) is 4.97. The van der Waals surface area contributed by atoms with Crippen LogP contribution in [0.25, 0.3) is 0 Å². The van der Waals surface area contributed by atoms with Crippen molar-refractivity contribution in [2.24, 2.45) is 17.4 Å². The minimum atomic E-state index is -1.54. The van der Waals surface area contributed by atoms with Crippen LogP contribution in [0.5, 0.6) is 0 Å². The van der Waals surface area contributed by atoms with Crippen molar-refractivity contribution in [3.05, 3.63) is 0 Å². The minimum Gasteiger partial charge on any atom is -0.481 e. The van der Waals surface area contributed by atoms with Gasteiger partial charge in [0.15, 0.2) is 0 Å². The predicted octanol–water partition coefficient (Wildman–Crippen LogP) is -1.73. The molecular formula is C21H39N5O8. The molecule has 0 aliphatic heterocycles. The van der Waals surface area contributed by atoms with Gasteiger partial charge in [0, 0.05) is 6.42 Å². The van der Waals surface area contributed by atoms with Crippen molar-refractivity contribution in [3.8, 4) is 0 Å². The quantitative estimate of drug-likeness (QED) is 0.107. The van der Waals surface area contributed by atoms with E-state index in [1.54, 1.807) is 0 Å². The highest BCUT2D eigenvalue weighted by atomic mass is 16.4. The van der Waals surface area contributed by atoms with Crippen molar-refractivity contribution in [3.63, 3.8) is 0 Å². The number of rotatable bonds is 17. The van der Waals surface area contributed by atoms with Crippen LogP contribution >= 0.6 is 0 Å². The van der Waals surface area contributed by atoms with E-state index in [4.69, 9.17) is 16.6 Å². The van der Waals surface area contributed by atoms with E-state index in [1.807, 2.05) is 13.8 Å². The fraction of sp³-hybridized carbons (Fsp3) is 0.762. The summed E-state index contributed by atoms with van der Waals surface area (Å²) in [7, 11) is 0. The summed E-state index contributed by atoms with van der Waals surface area (Å²) in [6.07, 6.45) is -0.356. The lowest BCUT2D eigenvalue weighted by molar-refractivity contribution is -0.144. The molecule has 0 aliphatic rings. The molecule has 0 saturated carbocycles. The number of aliphatic hydroxyl groups excluding tert-OH is 1. The molecule has 0 fully saturated rings. The van der Waals surface area contributed by atoms with Crippen LogP contribution in [0.1, 0.15) is 59.3 Å². The standard InChI is InChI=1S/C21H39N5O8/c1-11(2)10-15(25-18(30)13(23)6-4-5-9-22)19(31)26-17(12(3)27)20(32)24-14(21(33)34)7-8-16(28)29/h11-15,17,27H,4-10,22-23H2,1-3H3,(H,24,32)(H,25,30)(H,26,31)(H,28,29)(H,33,34). The van der Waals surface area contributed by atoms with Crippen LogP contribution in [0.4, 0.5) is 0 Å². The van der Waals surface area contributed by atoms with E-state index in [0.717, 1.165) is 0 Å². The molecule has 0 aromatic carbocycles. The number of nitrogens with two attached hydrogens (primary N) is 2. The van der Waals surface area contributed by atoms with Gasteiger partial charge in [0.25, 0.3) is 0 Å². The third-order valence-electron chi connectivity index (χ3n) is 4.97. The number of amides is 3. The first-order valence-corrected chi connectivity index (χ1v) is 11.3. The monoisotopic (exact) mass is 489 g/mol. The summed E-state index contributed by atoms with van der Waals surface area (Å²) in [5.41, 5.74) is 11.3. The first kappa shape index (κ1) is 31.2. The molecule has 0 aromatic rings. The fourth-order valence-electron chi connectivity index (χ4n) is 3.07. The molecule has 13 heteroatoms. The number of aliphatic hydroxyl groups is 1. The first-order valence-electron chi connectivity index (χ1n) is 11.3. The van der Waals surface area contributed by atoms with Gasteiger partial charge in [-0.1, -0.05) is 20.3 Å². The highest BCUT2D eigenvalue weighted by Crippen LogP contribution is 2.08. The number of hydrogen-bond donors (Lipinski definition) is 8. The second-order valence-electron chi connectivity index (χ2n) is 8.64. The predicted molar refractivity (Wildman–Crippen MR) is 122 cm³/mol. The molecule has 0 rings (SSSR count). The van der Waals surface area contributed by atoms with Gasteiger partial charge in [0.1, 0.15) is 18.1 Å². The van der Waals surface area contributed by atoms with Crippen LogP contribution in [-0.2, 0) is 24.0 Å². The lowest BCUT2D eigenvalue weighted by Crippen LogP contribution is -2.60. The molecular weight excluding hydrogens is 450 g/mol. The van der Waals surface area contributed by atoms with E-state index in [1.165, 1.54) is 6.92 Å². The molecule has 13 nitrogen and oxygen atoms in total. The van der Waals surface area contributed by atoms with Gasteiger partial charge < -0.3 is 42.7 Å². The van der Waals surface area contributed by atoms with Crippen LogP contribution in [0.15, 0.2) is 0 Å². The Morgan fingerprint density at radius 2 is 1.41 bits per heavy atom. The van der Waals surface area contributed by atoms with Gasteiger partial charge in [-0.05, 0) is 45.1 Å².